The molecule has 0 radical (unpaired) electrons. The van der Waals surface area contributed by atoms with Crippen LogP contribution in [0.15, 0.2) is 18.2 Å². The number of nitrogens with one attached hydrogen (secondary N) is 1. The molecule has 3 heteroatoms. The van der Waals surface area contributed by atoms with Crippen molar-refractivity contribution in [1.29, 1.82) is 0 Å². The maximum absolute atomic E-state index is 10.1. The van der Waals surface area contributed by atoms with Gasteiger partial charge >= 0.3 is 0 Å². The Morgan fingerprint density at radius 3 is 2.60 bits per heavy atom. The van der Waals surface area contributed by atoms with Gasteiger partial charge in [0.25, 0.3) is 0 Å². The van der Waals surface area contributed by atoms with Crippen molar-refractivity contribution in [2.24, 2.45) is 0 Å². The van der Waals surface area contributed by atoms with Gasteiger partial charge in [0, 0.05) is 19.1 Å². The number of hydrogen-bond donors (Lipinski definition) is 2. The highest BCUT2D eigenvalue weighted by molar-refractivity contribution is 5.32. The van der Waals surface area contributed by atoms with Crippen molar-refractivity contribution in [3.63, 3.8) is 0 Å². The van der Waals surface area contributed by atoms with Crippen molar-refractivity contribution in [2.75, 3.05) is 26.2 Å². The van der Waals surface area contributed by atoms with Gasteiger partial charge in [0.1, 0.15) is 0 Å². The number of likely N-dealkylation sites (tertiary alicyclic amines) is 1. The van der Waals surface area contributed by atoms with Crippen molar-refractivity contribution in [3.8, 4) is 0 Å². The molecule has 20 heavy (non-hydrogen) atoms. The van der Waals surface area contributed by atoms with E-state index in [2.05, 4.69) is 49.2 Å². The Morgan fingerprint density at radius 2 is 1.95 bits per heavy atom. The quantitative estimate of drug-likeness (QED) is 0.837. The molecule has 0 saturated carbocycles. The molecule has 3 nitrogen and oxygen atoms in total. The lowest BCUT2D eigenvalue weighted by molar-refractivity contribution is 0.121. The molecule has 0 bridgehead atoms. The van der Waals surface area contributed by atoms with Crippen LogP contribution < -0.4 is 5.32 Å². The van der Waals surface area contributed by atoms with Gasteiger partial charge < -0.3 is 15.3 Å². The molecule has 2 unspecified atom stereocenters. The van der Waals surface area contributed by atoms with Gasteiger partial charge in [0.05, 0.1) is 6.10 Å². The number of hydrogen-bond acceptors (Lipinski definition) is 3. The molecule has 1 aliphatic rings. The first-order valence-electron chi connectivity index (χ1n) is 7.77. The summed E-state index contributed by atoms with van der Waals surface area (Å²) in [6.45, 7) is 10.2. The molecule has 0 amide bonds. The maximum Gasteiger partial charge on any atom is 0.0791 e. The molecule has 1 aliphatic heterocycles. The number of nitrogens with zero attached hydrogens (tertiary/aromatic N) is 1. The van der Waals surface area contributed by atoms with Gasteiger partial charge in [0.15, 0.2) is 0 Å². The topological polar surface area (TPSA) is 35.5 Å². The monoisotopic (exact) mass is 276 g/mol. The second-order valence-corrected chi connectivity index (χ2v) is 6.15. The minimum atomic E-state index is -0.277. The third-order valence-corrected chi connectivity index (χ3v) is 4.22. The summed E-state index contributed by atoms with van der Waals surface area (Å²) in [5, 5.41) is 13.6. The minimum absolute atomic E-state index is 0.277. The van der Waals surface area contributed by atoms with Crippen molar-refractivity contribution in [1.82, 2.24) is 10.2 Å². The number of benzene rings is 1. The average molecular weight is 276 g/mol. The van der Waals surface area contributed by atoms with E-state index < -0.39 is 0 Å². The molecule has 0 aliphatic carbocycles. The van der Waals surface area contributed by atoms with Crippen molar-refractivity contribution >= 4 is 0 Å². The van der Waals surface area contributed by atoms with Crippen LogP contribution in [0.2, 0.25) is 0 Å². The Labute approximate surface area is 123 Å². The highest BCUT2D eigenvalue weighted by atomic mass is 16.3. The molecule has 112 valence electrons. The van der Waals surface area contributed by atoms with E-state index in [-0.39, 0.29) is 12.1 Å². The lowest BCUT2D eigenvalue weighted by Crippen LogP contribution is -2.37. The lowest BCUT2D eigenvalue weighted by Gasteiger charge is -2.22. The highest BCUT2D eigenvalue weighted by Crippen LogP contribution is 2.18. The summed E-state index contributed by atoms with van der Waals surface area (Å²) in [6.07, 6.45) is 2.28. The highest BCUT2D eigenvalue weighted by Gasteiger charge is 2.16. The second-order valence-electron chi connectivity index (χ2n) is 6.15. The van der Waals surface area contributed by atoms with Gasteiger partial charge in [-0.3, -0.25) is 0 Å². The maximum atomic E-state index is 10.1. The zero-order valence-corrected chi connectivity index (χ0v) is 13.0. The fraction of sp³-hybridized carbons (Fsp3) is 0.647. The molecule has 0 aromatic heterocycles. The molecule has 1 aromatic rings. The zero-order valence-electron chi connectivity index (χ0n) is 13.0. The van der Waals surface area contributed by atoms with Crippen LogP contribution in [0, 0.1) is 13.8 Å². The molecule has 1 heterocycles. The zero-order chi connectivity index (χ0) is 14.5. The van der Waals surface area contributed by atoms with E-state index in [0.717, 1.165) is 19.6 Å². The first-order chi connectivity index (χ1) is 9.56. The molecule has 1 fully saturated rings. The Kier molecular flexibility index (Phi) is 5.58. The van der Waals surface area contributed by atoms with Gasteiger partial charge in [0.2, 0.25) is 0 Å². The number of β-amino-alcohol motifs (C(OH)–C–C–N with tert-alkyl or cyclic N) is 1. The SMILES string of the molecule is Cc1ccc(C(C)NCC(O)CN2CCCC2)c(C)c1. The van der Waals surface area contributed by atoms with Gasteiger partial charge in [-0.1, -0.05) is 23.8 Å². The summed E-state index contributed by atoms with van der Waals surface area (Å²) in [5.41, 5.74) is 3.94. The molecule has 1 aromatic carbocycles. The van der Waals surface area contributed by atoms with E-state index in [4.69, 9.17) is 0 Å². The molecule has 2 rings (SSSR count). The van der Waals surface area contributed by atoms with Crippen molar-refractivity contribution < 1.29 is 5.11 Å². The predicted octanol–water partition coefficient (Wildman–Crippen LogP) is 2.41. The Bertz CT molecular complexity index is 427. The van der Waals surface area contributed by atoms with Crippen LogP contribution in [-0.4, -0.2) is 42.3 Å². The number of aliphatic hydroxyl groups is 1. The van der Waals surface area contributed by atoms with Crippen molar-refractivity contribution in [2.45, 2.75) is 45.8 Å². The summed E-state index contributed by atoms with van der Waals surface area (Å²) >= 11 is 0. The van der Waals surface area contributed by atoms with Crippen molar-refractivity contribution in [3.05, 3.63) is 34.9 Å². The number of aliphatic hydroxyl groups excluding tert-OH is 1. The Balaban J connectivity index is 1.80. The van der Waals surface area contributed by atoms with Gasteiger partial charge in [-0.25, -0.2) is 0 Å². The average Bonchev–Trinajstić information content (AvgIpc) is 2.89. The van der Waals surface area contributed by atoms with Crippen LogP contribution in [0.3, 0.4) is 0 Å². The van der Waals surface area contributed by atoms with Crippen LogP contribution in [-0.2, 0) is 0 Å². The van der Waals surface area contributed by atoms with Crippen LogP contribution >= 0.6 is 0 Å². The fourth-order valence-electron chi connectivity index (χ4n) is 3.06. The summed E-state index contributed by atoms with van der Waals surface area (Å²) in [5.74, 6) is 0. The van der Waals surface area contributed by atoms with Crippen LogP contribution in [0.4, 0.5) is 0 Å². The third-order valence-electron chi connectivity index (χ3n) is 4.22. The molecule has 1 saturated heterocycles. The molecular formula is C17H28N2O. The summed E-state index contributed by atoms with van der Waals surface area (Å²) in [7, 11) is 0. The van der Waals surface area contributed by atoms with E-state index in [1.165, 1.54) is 29.5 Å². The summed E-state index contributed by atoms with van der Waals surface area (Å²) in [4.78, 5) is 2.36. The first kappa shape index (κ1) is 15.5. The first-order valence-corrected chi connectivity index (χ1v) is 7.77. The van der Waals surface area contributed by atoms with Gasteiger partial charge in [-0.15, -0.1) is 0 Å². The van der Waals surface area contributed by atoms with E-state index in [9.17, 15) is 5.11 Å². The van der Waals surface area contributed by atoms with Gasteiger partial charge in [-0.05, 0) is 57.8 Å². The molecule has 0 spiro atoms. The van der Waals surface area contributed by atoms with Crippen LogP contribution in [0.1, 0.15) is 42.5 Å². The van der Waals surface area contributed by atoms with E-state index >= 15 is 0 Å². The van der Waals surface area contributed by atoms with E-state index in [1.54, 1.807) is 0 Å². The molecule has 2 N–H and O–H groups in total. The summed E-state index contributed by atoms with van der Waals surface area (Å²) in [6, 6.07) is 6.84. The summed E-state index contributed by atoms with van der Waals surface area (Å²) < 4.78 is 0. The van der Waals surface area contributed by atoms with Gasteiger partial charge in [-0.2, -0.15) is 0 Å². The second kappa shape index (κ2) is 7.21. The molecule has 2 atom stereocenters. The van der Waals surface area contributed by atoms with E-state index in [0.29, 0.717) is 6.54 Å². The van der Waals surface area contributed by atoms with Crippen LogP contribution in [0.5, 0.6) is 0 Å². The lowest BCUT2D eigenvalue weighted by atomic mass is 10.0. The predicted molar refractivity (Wildman–Crippen MR) is 84.0 cm³/mol. The minimum Gasteiger partial charge on any atom is -0.390 e. The number of rotatable bonds is 6. The standard InChI is InChI=1S/C17H28N2O/c1-13-6-7-17(14(2)10-13)15(3)18-11-16(20)12-19-8-4-5-9-19/h6-7,10,15-16,18,20H,4-5,8-9,11-12H2,1-3H3. The Hall–Kier alpha value is -0.900. The van der Waals surface area contributed by atoms with E-state index in [1.807, 2.05) is 0 Å². The largest absolute Gasteiger partial charge is 0.390 e. The van der Waals surface area contributed by atoms with Crippen LogP contribution in [0.25, 0.3) is 0 Å². The fourth-order valence-corrected chi connectivity index (χ4v) is 3.06. The third kappa shape index (κ3) is 4.30. The Morgan fingerprint density at radius 1 is 1.25 bits per heavy atom. The molecular weight excluding hydrogens is 248 g/mol. The smallest absolute Gasteiger partial charge is 0.0791 e. The normalized spacial score (nSPS) is 19.2. The number of aryl methyl sites for hydroxylation is 2.